The van der Waals surface area contributed by atoms with E-state index in [4.69, 9.17) is 9.47 Å². The van der Waals surface area contributed by atoms with E-state index in [1.165, 1.54) is 0 Å². The third kappa shape index (κ3) is 3.58. The molecule has 3 aromatic rings. The zero-order chi connectivity index (χ0) is 19.5. The van der Waals surface area contributed by atoms with Gasteiger partial charge in [-0.1, -0.05) is 60.7 Å². The molecule has 0 spiro atoms. The molecule has 0 atom stereocenters. The number of benzene rings is 3. The Kier molecular flexibility index (Phi) is 4.77. The molecule has 0 unspecified atom stereocenters. The fourth-order valence-electron chi connectivity index (χ4n) is 3.10. The largest absolute Gasteiger partial charge is 0.452 e. The minimum Gasteiger partial charge on any atom is -0.452 e. The van der Waals surface area contributed by atoms with Crippen LogP contribution in [0.2, 0.25) is 0 Å². The fourth-order valence-corrected chi connectivity index (χ4v) is 3.10. The van der Waals surface area contributed by atoms with E-state index >= 15 is 0 Å². The van der Waals surface area contributed by atoms with Gasteiger partial charge in [-0.05, 0) is 36.3 Å². The summed E-state index contributed by atoms with van der Waals surface area (Å²) in [6.07, 6.45) is 1.89. The van der Waals surface area contributed by atoms with Crippen molar-refractivity contribution in [3.05, 3.63) is 101 Å². The highest BCUT2D eigenvalue weighted by atomic mass is 16.5. The lowest BCUT2D eigenvalue weighted by Crippen LogP contribution is -2.12. The number of fused-ring (bicyclic) bond motifs is 1. The monoisotopic (exact) mass is 370 g/mol. The van der Waals surface area contributed by atoms with Crippen molar-refractivity contribution in [1.82, 2.24) is 0 Å². The van der Waals surface area contributed by atoms with Gasteiger partial charge in [-0.25, -0.2) is 0 Å². The van der Waals surface area contributed by atoms with Gasteiger partial charge in [0.25, 0.3) is 0 Å². The van der Waals surface area contributed by atoms with Gasteiger partial charge in [0.1, 0.15) is 11.5 Å². The van der Waals surface area contributed by atoms with Crippen LogP contribution in [0.4, 0.5) is 0 Å². The summed E-state index contributed by atoms with van der Waals surface area (Å²) in [5.41, 5.74) is 2.86. The fraction of sp³-hybridized carbons (Fsp3) is 0.0833. The summed E-state index contributed by atoms with van der Waals surface area (Å²) in [6, 6.07) is 22.2. The standard InChI is InChI=1S/C24H18O4/c1-16-20(27-22(25)15-18-10-6-3-7-11-18)13-12-19-23(26)21(28-24(16)19)14-17-8-4-2-5-9-17/h2-14H,15H2,1H3/b21-14-. The van der Waals surface area contributed by atoms with Gasteiger partial charge in [0.05, 0.1) is 12.0 Å². The normalized spacial score (nSPS) is 13.9. The van der Waals surface area contributed by atoms with Gasteiger partial charge in [-0.3, -0.25) is 9.59 Å². The third-order valence-electron chi connectivity index (χ3n) is 4.55. The first-order chi connectivity index (χ1) is 13.6. The quantitative estimate of drug-likeness (QED) is 0.377. The zero-order valence-corrected chi connectivity index (χ0v) is 15.3. The molecule has 0 saturated heterocycles. The van der Waals surface area contributed by atoms with Crippen LogP contribution in [0.25, 0.3) is 6.08 Å². The number of rotatable bonds is 4. The highest BCUT2D eigenvalue weighted by molar-refractivity contribution is 6.15. The van der Waals surface area contributed by atoms with Crippen LogP contribution in [0.5, 0.6) is 11.5 Å². The molecule has 0 aliphatic carbocycles. The topological polar surface area (TPSA) is 52.6 Å². The Labute approximate surface area is 163 Å². The molecular weight excluding hydrogens is 352 g/mol. The minimum absolute atomic E-state index is 0.177. The van der Waals surface area contributed by atoms with Crippen LogP contribution in [0, 0.1) is 6.92 Å². The molecule has 0 amide bonds. The van der Waals surface area contributed by atoms with E-state index in [9.17, 15) is 9.59 Å². The number of esters is 1. The lowest BCUT2D eigenvalue weighted by molar-refractivity contribution is -0.133. The molecule has 1 heterocycles. The highest BCUT2D eigenvalue weighted by Gasteiger charge is 2.30. The molecular formula is C24H18O4. The molecule has 1 aliphatic heterocycles. The lowest BCUT2D eigenvalue weighted by Gasteiger charge is -2.10. The molecule has 4 heteroatoms. The Morgan fingerprint density at radius 2 is 1.64 bits per heavy atom. The van der Waals surface area contributed by atoms with Crippen molar-refractivity contribution in [1.29, 1.82) is 0 Å². The van der Waals surface area contributed by atoms with Crippen molar-refractivity contribution in [3.8, 4) is 11.5 Å². The van der Waals surface area contributed by atoms with E-state index in [0.717, 1.165) is 11.1 Å². The second-order valence-corrected chi connectivity index (χ2v) is 6.55. The van der Waals surface area contributed by atoms with Crippen LogP contribution in [-0.2, 0) is 11.2 Å². The van der Waals surface area contributed by atoms with Crippen molar-refractivity contribution in [2.24, 2.45) is 0 Å². The molecule has 0 aromatic heterocycles. The second kappa shape index (κ2) is 7.53. The van der Waals surface area contributed by atoms with E-state index in [1.807, 2.05) is 60.7 Å². The van der Waals surface area contributed by atoms with Crippen molar-refractivity contribution in [3.63, 3.8) is 0 Å². The summed E-state index contributed by atoms with van der Waals surface area (Å²) in [6.45, 7) is 1.78. The predicted octanol–water partition coefficient (Wildman–Crippen LogP) is 4.76. The summed E-state index contributed by atoms with van der Waals surface area (Å²) in [7, 11) is 0. The summed E-state index contributed by atoms with van der Waals surface area (Å²) >= 11 is 0. The Morgan fingerprint density at radius 3 is 2.36 bits per heavy atom. The average Bonchev–Trinajstić information content (AvgIpc) is 3.02. The molecule has 0 radical (unpaired) electrons. The van der Waals surface area contributed by atoms with Crippen LogP contribution in [-0.4, -0.2) is 11.8 Å². The molecule has 4 rings (SSSR count). The number of ketones is 1. The maximum absolute atomic E-state index is 12.6. The maximum Gasteiger partial charge on any atom is 0.315 e. The molecule has 0 saturated carbocycles. The van der Waals surface area contributed by atoms with E-state index in [0.29, 0.717) is 22.6 Å². The number of carbonyl (C=O) groups is 2. The third-order valence-corrected chi connectivity index (χ3v) is 4.55. The van der Waals surface area contributed by atoms with Crippen molar-refractivity contribution in [2.45, 2.75) is 13.3 Å². The zero-order valence-electron chi connectivity index (χ0n) is 15.3. The van der Waals surface area contributed by atoms with Gasteiger partial charge < -0.3 is 9.47 Å². The molecule has 3 aromatic carbocycles. The molecule has 4 nitrogen and oxygen atoms in total. The van der Waals surface area contributed by atoms with Gasteiger partial charge >= 0.3 is 5.97 Å². The first kappa shape index (κ1) is 17.7. The van der Waals surface area contributed by atoms with E-state index in [-0.39, 0.29) is 23.9 Å². The van der Waals surface area contributed by atoms with E-state index in [2.05, 4.69) is 0 Å². The average molecular weight is 370 g/mol. The van der Waals surface area contributed by atoms with Crippen molar-refractivity contribution in [2.75, 3.05) is 0 Å². The number of hydrogen-bond donors (Lipinski definition) is 0. The van der Waals surface area contributed by atoms with Crippen molar-refractivity contribution < 1.29 is 19.1 Å². The smallest absolute Gasteiger partial charge is 0.315 e. The molecule has 28 heavy (non-hydrogen) atoms. The van der Waals surface area contributed by atoms with Crippen LogP contribution >= 0.6 is 0 Å². The second-order valence-electron chi connectivity index (χ2n) is 6.55. The van der Waals surface area contributed by atoms with Crippen LogP contribution < -0.4 is 9.47 Å². The summed E-state index contributed by atoms with van der Waals surface area (Å²) < 4.78 is 11.3. The van der Waals surface area contributed by atoms with Gasteiger partial charge in [-0.15, -0.1) is 0 Å². The van der Waals surface area contributed by atoms with Gasteiger partial charge in [-0.2, -0.15) is 0 Å². The number of Topliss-reactive ketones (excluding diaryl/α,β-unsaturated/α-hetero) is 1. The molecule has 0 fully saturated rings. The lowest BCUT2D eigenvalue weighted by atomic mass is 10.1. The number of carbonyl (C=O) groups excluding carboxylic acids is 2. The molecule has 138 valence electrons. The van der Waals surface area contributed by atoms with Gasteiger partial charge in [0.15, 0.2) is 5.76 Å². The van der Waals surface area contributed by atoms with Gasteiger partial charge in [0.2, 0.25) is 5.78 Å². The molecule has 1 aliphatic rings. The Balaban J connectivity index is 1.55. The van der Waals surface area contributed by atoms with Gasteiger partial charge in [0, 0.05) is 5.56 Å². The summed E-state index contributed by atoms with van der Waals surface area (Å²) in [5.74, 6) is 0.561. The number of allylic oxidation sites excluding steroid dienone is 1. The highest BCUT2D eigenvalue weighted by Crippen LogP contribution is 2.39. The van der Waals surface area contributed by atoms with Crippen LogP contribution in [0.15, 0.2) is 78.6 Å². The Hall–Kier alpha value is -3.66. The Morgan fingerprint density at radius 1 is 0.964 bits per heavy atom. The molecule has 0 N–H and O–H groups in total. The maximum atomic E-state index is 12.6. The Bertz CT molecular complexity index is 1070. The minimum atomic E-state index is -0.362. The predicted molar refractivity (Wildman–Crippen MR) is 106 cm³/mol. The number of hydrogen-bond acceptors (Lipinski definition) is 4. The summed E-state index contributed by atoms with van der Waals surface area (Å²) in [4.78, 5) is 24.9. The van der Waals surface area contributed by atoms with Crippen LogP contribution in [0.1, 0.15) is 27.0 Å². The first-order valence-corrected chi connectivity index (χ1v) is 8.99. The summed E-state index contributed by atoms with van der Waals surface area (Å²) in [5, 5.41) is 0. The van der Waals surface area contributed by atoms with E-state index in [1.54, 1.807) is 25.1 Å². The van der Waals surface area contributed by atoms with Crippen molar-refractivity contribution >= 4 is 17.8 Å². The number of ether oxygens (including phenoxy) is 2. The van der Waals surface area contributed by atoms with Crippen LogP contribution in [0.3, 0.4) is 0 Å². The molecule has 0 bridgehead atoms. The first-order valence-electron chi connectivity index (χ1n) is 8.99. The SMILES string of the molecule is Cc1c(OC(=O)Cc2ccccc2)ccc2c1O/C(=C\c1ccccc1)C2=O. The van der Waals surface area contributed by atoms with E-state index < -0.39 is 0 Å².